The monoisotopic (exact) mass is 269 g/mol. The molecule has 5 nitrogen and oxygen atoms in total. The van der Waals surface area contributed by atoms with Crippen LogP contribution in [0.5, 0.6) is 0 Å². The number of hydrogen-bond acceptors (Lipinski definition) is 3. The third-order valence-corrected chi connectivity index (χ3v) is 4.31. The summed E-state index contributed by atoms with van der Waals surface area (Å²) in [6, 6.07) is 0. The minimum atomic E-state index is -0.517. The highest BCUT2D eigenvalue weighted by Crippen LogP contribution is 2.30. The predicted molar refractivity (Wildman–Crippen MR) is 75.9 cm³/mol. The van der Waals surface area contributed by atoms with Crippen molar-refractivity contribution >= 4 is 11.7 Å². The molecule has 0 bridgehead atoms. The van der Waals surface area contributed by atoms with Crippen molar-refractivity contribution in [1.82, 2.24) is 5.32 Å². The Hall–Kier alpha value is -1.26. The standard InChI is InChI=1S/C14H27N3O2/c1-3-10-5-7-11(8-6-10)9-16-14(18)12(4-2)13(15)17-19/h10-12,19H,3-9H2,1-2H3,(H2,15,17)(H,16,18). The normalized spacial score (nSPS) is 25.9. The number of nitrogens with zero attached hydrogens (tertiary/aromatic N) is 1. The van der Waals surface area contributed by atoms with Gasteiger partial charge in [-0.05, 0) is 31.1 Å². The summed E-state index contributed by atoms with van der Waals surface area (Å²) in [6.45, 7) is 4.81. The summed E-state index contributed by atoms with van der Waals surface area (Å²) in [6.07, 6.45) is 6.74. The molecule has 1 saturated carbocycles. The van der Waals surface area contributed by atoms with Gasteiger partial charge in [0, 0.05) is 6.54 Å². The molecule has 1 rings (SSSR count). The van der Waals surface area contributed by atoms with Crippen molar-refractivity contribution in [3.05, 3.63) is 0 Å². The second-order valence-corrected chi connectivity index (χ2v) is 5.53. The summed E-state index contributed by atoms with van der Waals surface area (Å²) in [7, 11) is 0. The molecule has 0 aromatic carbocycles. The Morgan fingerprint density at radius 3 is 2.37 bits per heavy atom. The Bertz CT molecular complexity index is 310. The van der Waals surface area contributed by atoms with Gasteiger partial charge >= 0.3 is 0 Å². The smallest absolute Gasteiger partial charge is 0.230 e. The van der Waals surface area contributed by atoms with Crippen LogP contribution in [0.3, 0.4) is 0 Å². The fraction of sp³-hybridized carbons (Fsp3) is 0.857. The molecule has 0 aromatic rings. The Morgan fingerprint density at radius 2 is 1.89 bits per heavy atom. The first-order valence-corrected chi connectivity index (χ1v) is 7.37. The maximum Gasteiger partial charge on any atom is 0.230 e. The third kappa shape index (κ3) is 4.73. The molecule has 0 spiro atoms. The van der Waals surface area contributed by atoms with Gasteiger partial charge < -0.3 is 16.3 Å². The number of nitrogens with two attached hydrogens (primary N) is 1. The van der Waals surface area contributed by atoms with E-state index in [0.717, 1.165) is 5.92 Å². The first kappa shape index (κ1) is 15.8. The molecule has 0 aromatic heterocycles. The van der Waals surface area contributed by atoms with Crippen LogP contribution in [-0.4, -0.2) is 23.5 Å². The van der Waals surface area contributed by atoms with Gasteiger partial charge in [0.15, 0.2) is 5.84 Å². The van der Waals surface area contributed by atoms with Crippen LogP contribution in [0.4, 0.5) is 0 Å². The molecule has 1 aliphatic carbocycles. The van der Waals surface area contributed by atoms with E-state index in [9.17, 15) is 4.79 Å². The lowest BCUT2D eigenvalue weighted by atomic mass is 9.81. The Kier molecular flexibility index (Phi) is 6.67. The van der Waals surface area contributed by atoms with E-state index >= 15 is 0 Å². The number of hydrogen-bond donors (Lipinski definition) is 3. The first-order chi connectivity index (χ1) is 9.12. The van der Waals surface area contributed by atoms with Crippen molar-refractivity contribution in [2.75, 3.05) is 6.54 Å². The van der Waals surface area contributed by atoms with E-state index in [1.165, 1.54) is 32.1 Å². The van der Waals surface area contributed by atoms with Crippen LogP contribution >= 0.6 is 0 Å². The highest BCUT2D eigenvalue weighted by Gasteiger charge is 2.24. The summed E-state index contributed by atoms with van der Waals surface area (Å²) >= 11 is 0. The molecule has 1 unspecified atom stereocenters. The van der Waals surface area contributed by atoms with Crippen LogP contribution in [0.15, 0.2) is 5.16 Å². The number of carbonyl (C=O) groups is 1. The zero-order chi connectivity index (χ0) is 14.3. The van der Waals surface area contributed by atoms with Gasteiger partial charge in [-0.1, -0.05) is 38.3 Å². The van der Waals surface area contributed by atoms with Gasteiger partial charge in [0.25, 0.3) is 0 Å². The lowest BCUT2D eigenvalue weighted by Gasteiger charge is -2.28. The van der Waals surface area contributed by atoms with Crippen molar-refractivity contribution in [1.29, 1.82) is 0 Å². The zero-order valence-electron chi connectivity index (χ0n) is 12.1. The average Bonchev–Trinajstić information content (AvgIpc) is 2.46. The van der Waals surface area contributed by atoms with E-state index in [1.807, 2.05) is 6.92 Å². The molecule has 110 valence electrons. The fourth-order valence-electron chi connectivity index (χ4n) is 2.81. The largest absolute Gasteiger partial charge is 0.409 e. The topological polar surface area (TPSA) is 87.7 Å². The minimum absolute atomic E-state index is 0.00492. The molecule has 5 heteroatoms. The fourth-order valence-corrected chi connectivity index (χ4v) is 2.81. The molecule has 0 aliphatic heterocycles. The van der Waals surface area contributed by atoms with Gasteiger partial charge in [-0.15, -0.1) is 0 Å². The van der Waals surface area contributed by atoms with E-state index < -0.39 is 5.92 Å². The molecular weight excluding hydrogens is 242 g/mol. The number of nitrogens with one attached hydrogen (secondary N) is 1. The van der Waals surface area contributed by atoms with Gasteiger partial charge in [-0.25, -0.2) is 0 Å². The van der Waals surface area contributed by atoms with E-state index in [4.69, 9.17) is 10.9 Å². The number of oxime groups is 1. The molecular formula is C14H27N3O2. The van der Waals surface area contributed by atoms with E-state index in [2.05, 4.69) is 17.4 Å². The number of rotatable bonds is 6. The Labute approximate surface area is 115 Å². The first-order valence-electron chi connectivity index (χ1n) is 7.37. The molecule has 0 radical (unpaired) electrons. The summed E-state index contributed by atoms with van der Waals surface area (Å²) in [4.78, 5) is 12.0. The number of carbonyl (C=O) groups excluding carboxylic acids is 1. The molecule has 19 heavy (non-hydrogen) atoms. The van der Waals surface area contributed by atoms with Crippen molar-refractivity contribution < 1.29 is 10.0 Å². The van der Waals surface area contributed by atoms with Crippen LogP contribution < -0.4 is 11.1 Å². The van der Waals surface area contributed by atoms with Gasteiger partial charge in [-0.3, -0.25) is 4.79 Å². The predicted octanol–water partition coefficient (Wildman–Crippen LogP) is 2.09. The molecule has 0 saturated heterocycles. The second-order valence-electron chi connectivity index (χ2n) is 5.53. The van der Waals surface area contributed by atoms with Gasteiger partial charge in [0.2, 0.25) is 5.91 Å². The van der Waals surface area contributed by atoms with Gasteiger partial charge in [-0.2, -0.15) is 0 Å². The van der Waals surface area contributed by atoms with Gasteiger partial charge in [0.05, 0.1) is 5.92 Å². The quantitative estimate of drug-likeness (QED) is 0.298. The van der Waals surface area contributed by atoms with Crippen LogP contribution in [0, 0.1) is 17.8 Å². The maximum absolute atomic E-state index is 12.0. The highest BCUT2D eigenvalue weighted by atomic mass is 16.4. The van der Waals surface area contributed by atoms with Gasteiger partial charge in [0.1, 0.15) is 0 Å². The summed E-state index contributed by atoms with van der Waals surface area (Å²) in [5.74, 6) is 0.797. The van der Waals surface area contributed by atoms with Crippen molar-refractivity contribution in [3.8, 4) is 0 Å². The lowest BCUT2D eigenvalue weighted by Crippen LogP contribution is -2.41. The van der Waals surface area contributed by atoms with Crippen LogP contribution in [0.25, 0.3) is 0 Å². The lowest BCUT2D eigenvalue weighted by molar-refractivity contribution is -0.123. The molecule has 1 atom stereocenters. The van der Waals surface area contributed by atoms with E-state index in [-0.39, 0.29) is 11.7 Å². The van der Waals surface area contributed by atoms with Crippen molar-refractivity contribution in [3.63, 3.8) is 0 Å². The minimum Gasteiger partial charge on any atom is -0.409 e. The van der Waals surface area contributed by atoms with Crippen LogP contribution in [0.2, 0.25) is 0 Å². The Balaban J connectivity index is 2.34. The molecule has 0 heterocycles. The van der Waals surface area contributed by atoms with Crippen molar-refractivity contribution in [2.45, 2.75) is 52.4 Å². The SMILES string of the molecule is CCC1CCC(CNC(=O)C(CC)C(N)=NO)CC1. The van der Waals surface area contributed by atoms with E-state index in [0.29, 0.717) is 18.9 Å². The van der Waals surface area contributed by atoms with Crippen LogP contribution in [-0.2, 0) is 4.79 Å². The molecule has 4 N–H and O–H groups in total. The summed E-state index contributed by atoms with van der Waals surface area (Å²) < 4.78 is 0. The highest BCUT2D eigenvalue weighted by molar-refractivity contribution is 6.01. The number of amidine groups is 1. The zero-order valence-corrected chi connectivity index (χ0v) is 12.1. The van der Waals surface area contributed by atoms with Crippen molar-refractivity contribution in [2.24, 2.45) is 28.6 Å². The second kappa shape index (κ2) is 8.02. The molecule has 1 amide bonds. The Morgan fingerprint density at radius 1 is 1.32 bits per heavy atom. The summed E-state index contributed by atoms with van der Waals surface area (Å²) in [5, 5.41) is 14.5. The number of amides is 1. The summed E-state index contributed by atoms with van der Waals surface area (Å²) in [5.41, 5.74) is 5.51. The molecule has 1 aliphatic rings. The molecule has 1 fully saturated rings. The third-order valence-electron chi connectivity index (χ3n) is 4.31. The van der Waals surface area contributed by atoms with E-state index in [1.54, 1.807) is 0 Å². The van der Waals surface area contributed by atoms with Crippen LogP contribution in [0.1, 0.15) is 52.4 Å². The maximum atomic E-state index is 12.0. The average molecular weight is 269 g/mol.